The number of aryl methyl sites for hydroxylation is 1. The zero-order valence-corrected chi connectivity index (χ0v) is 11.7. The van der Waals surface area contributed by atoms with E-state index in [1.165, 1.54) is 17.7 Å². The smallest absolute Gasteiger partial charge is 0.175 e. The Kier molecular flexibility index (Phi) is 4.63. The number of hydrogen-bond acceptors (Lipinski definition) is 1. The summed E-state index contributed by atoms with van der Waals surface area (Å²) >= 11 is 5.10. The minimum Gasteiger partial charge on any atom is -0.332 e. The first-order valence-electron chi connectivity index (χ1n) is 6.20. The van der Waals surface area contributed by atoms with Crippen molar-refractivity contribution in [2.75, 3.05) is 10.6 Å². The van der Waals surface area contributed by atoms with Gasteiger partial charge in [0.15, 0.2) is 5.11 Å². The van der Waals surface area contributed by atoms with Gasteiger partial charge < -0.3 is 10.6 Å². The Morgan fingerprint density at radius 1 is 0.950 bits per heavy atom. The minimum atomic E-state index is -0.650. The van der Waals surface area contributed by atoms with Crippen LogP contribution in [0.3, 0.4) is 0 Å². The third kappa shape index (κ3) is 3.99. The molecule has 5 heteroatoms. The fourth-order valence-corrected chi connectivity index (χ4v) is 1.98. The van der Waals surface area contributed by atoms with Crippen LogP contribution in [0.2, 0.25) is 0 Å². The number of thiocarbonyl (C=S) groups is 1. The standard InChI is InChI=1S/C15H14F2N2S/c1-2-10-3-5-13(6-4-10)18-15(20)19-14-8-11(16)7-12(17)9-14/h3-9H,2H2,1H3,(H2,18,19,20). The summed E-state index contributed by atoms with van der Waals surface area (Å²) in [6.07, 6.45) is 0.964. The number of nitrogens with one attached hydrogen (secondary N) is 2. The van der Waals surface area contributed by atoms with Crippen LogP contribution in [0.4, 0.5) is 20.2 Å². The van der Waals surface area contributed by atoms with Crippen LogP contribution in [-0.4, -0.2) is 5.11 Å². The largest absolute Gasteiger partial charge is 0.332 e. The van der Waals surface area contributed by atoms with Gasteiger partial charge >= 0.3 is 0 Å². The van der Waals surface area contributed by atoms with Gasteiger partial charge in [-0.25, -0.2) is 8.78 Å². The fourth-order valence-electron chi connectivity index (χ4n) is 1.74. The predicted octanol–water partition coefficient (Wildman–Crippen LogP) is 4.34. The first kappa shape index (κ1) is 14.4. The van der Waals surface area contributed by atoms with Crippen molar-refractivity contribution >= 4 is 28.7 Å². The topological polar surface area (TPSA) is 24.1 Å². The Morgan fingerprint density at radius 2 is 1.50 bits per heavy atom. The summed E-state index contributed by atoms with van der Waals surface area (Å²) < 4.78 is 26.1. The Morgan fingerprint density at radius 3 is 2.05 bits per heavy atom. The molecular weight excluding hydrogens is 278 g/mol. The van der Waals surface area contributed by atoms with E-state index in [4.69, 9.17) is 12.2 Å². The zero-order chi connectivity index (χ0) is 14.5. The quantitative estimate of drug-likeness (QED) is 0.823. The van der Waals surface area contributed by atoms with Crippen LogP contribution in [-0.2, 0) is 6.42 Å². The van der Waals surface area contributed by atoms with Gasteiger partial charge in [-0.05, 0) is 48.5 Å². The monoisotopic (exact) mass is 292 g/mol. The first-order valence-corrected chi connectivity index (χ1v) is 6.60. The molecule has 0 spiro atoms. The van der Waals surface area contributed by atoms with E-state index in [1.807, 2.05) is 24.3 Å². The molecule has 20 heavy (non-hydrogen) atoms. The number of halogens is 2. The maximum absolute atomic E-state index is 13.0. The summed E-state index contributed by atoms with van der Waals surface area (Å²) in [5.41, 5.74) is 2.31. The maximum atomic E-state index is 13.0. The highest BCUT2D eigenvalue weighted by molar-refractivity contribution is 7.80. The van der Waals surface area contributed by atoms with E-state index in [1.54, 1.807) is 0 Å². The Labute approximate surface area is 121 Å². The fraction of sp³-hybridized carbons (Fsp3) is 0.133. The lowest BCUT2D eigenvalue weighted by atomic mass is 10.1. The highest BCUT2D eigenvalue weighted by Crippen LogP contribution is 2.14. The van der Waals surface area contributed by atoms with Crippen LogP contribution < -0.4 is 10.6 Å². The lowest BCUT2D eigenvalue weighted by Crippen LogP contribution is -2.19. The average Bonchev–Trinajstić information content (AvgIpc) is 2.38. The molecule has 0 saturated heterocycles. The lowest BCUT2D eigenvalue weighted by Gasteiger charge is -2.11. The van der Waals surface area contributed by atoms with E-state index >= 15 is 0 Å². The molecule has 2 nitrogen and oxygen atoms in total. The molecular formula is C15H14F2N2S. The highest BCUT2D eigenvalue weighted by Gasteiger charge is 2.03. The second-order valence-corrected chi connectivity index (χ2v) is 4.70. The van der Waals surface area contributed by atoms with E-state index < -0.39 is 11.6 Å². The summed E-state index contributed by atoms with van der Waals surface area (Å²) in [5.74, 6) is -1.30. The second kappa shape index (κ2) is 6.43. The molecule has 0 aliphatic rings. The minimum absolute atomic E-state index is 0.269. The summed E-state index contributed by atoms with van der Waals surface area (Å²) in [7, 11) is 0. The van der Waals surface area contributed by atoms with Gasteiger partial charge in [-0.1, -0.05) is 19.1 Å². The van der Waals surface area contributed by atoms with Crippen LogP contribution in [0, 0.1) is 11.6 Å². The Balaban J connectivity index is 2.01. The highest BCUT2D eigenvalue weighted by atomic mass is 32.1. The lowest BCUT2D eigenvalue weighted by molar-refractivity contribution is 0.584. The van der Waals surface area contributed by atoms with Crippen molar-refractivity contribution in [3.63, 3.8) is 0 Å². The van der Waals surface area contributed by atoms with Gasteiger partial charge in [0.25, 0.3) is 0 Å². The summed E-state index contributed by atoms with van der Waals surface area (Å²) in [4.78, 5) is 0. The molecule has 2 aromatic rings. The molecule has 0 atom stereocenters. The van der Waals surface area contributed by atoms with Gasteiger partial charge in [-0.3, -0.25) is 0 Å². The molecule has 0 bridgehead atoms. The van der Waals surface area contributed by atoms with E-state index in [0.717, 1.165) is 18.2 Å². The van der Waals surface area contributed by atoms with Gasteiger partial charge in [0, 0.05) is 17.4 Å². The molecule has 2 aromatic carbocycles. The van der Waals surface area contributed by atoms with Gasteiger partial charge in [-0.15, -0.1) is 0 Å². The first-order chi connectivity index (χ1) is 9.56. The van der Waals surface area contributed by atoms with Crippen molar-refractivity contribution in [1.29, 1.82) is 0 Å². The van der Waals surface area contributed by atoms with Crippen LogP contribution in [0.15, 0.2) is 42.5 Å². The van der Waals surface area contributed by atoms with Crippen LogP contribution in [0.5, 0.6) is 0 Å². The Hall–Kier alpha value is -2.01. The summed E-state index contributed by atoms with van der Waals surface area (Å²) in [6, 6.07) is 11.0. The number of benzene rings is 2. The van der Waals surface area contributed by atoms with Crippen molar-refractivity contribution < 1.29 is 8.78 Å². The molecule has 0 amide bonds. The number of anilines is 2. The SMILES string of the molecule is CCc1ccc(NC(=S)Nc2cc(F)cc(F)c2)cc1. The third-order valence-electron chi connectivity index (χ3n) is 2.74. The van der Waals surface area contributed by atoms with E-state index in [2.05, 4.69) is 17.6 Å². The summed E-state index contributed by atoms with van der Waals surface area (Å²) in [5, 5.41) is 5.97. The molecule has 104 valence electrons. The molecule has 2 rings (SSSR count). The molecule has 0 unspecified atom stereocenters. The van der Waals surface area contributed by atoms with Crippen LogP contribution >= 0.6 is 12.2 Å². The average molecular weight is 292 g/mol. The van der Waals surface area contributed by atoms with Crippen LogP contribution in [0.25, 0.3) is 0 Å². The van der Waals surface area contributed by atoms with Crippen molar-refractivity contribution in [2.24, 2.45) is 0 Å². The van der Waals surface area contributed by atoms with E-state index in [-0.39, 0.29) is 10.8 Å². The maximum Gasteiger partial charge on any atom is 0.175 e. The predicted molar refractivity (Wildman–Crippen MR) is 82.0 cm³/mol. The van der Waals surface area contributed by atoms with E-state index in [0.29, 0.717) is 0 Å². The van der Waals surface area contributed by atoms with Gasteiger partial charge in [0.2, 0.25) is 0 Å². The molecule has 0 radical (unpaired) electrons. The van der Waals surface area contributed by atoms with Gasteiger partial charge in [-0.2, -0.15) is 0 Å². The number of hydrogen-bond donors (Lipinski definition) is 2. The third-order valence-corrected chi connectivity index (χ3v) is 2.94. The van der Waals surface area contributed by atoms with Crippen molar-refractivity contribution in [1.82, 2.24) is 0 Å². The molecule has 0 saturated carbocycles. The molecule has 0 aliphatic carbocycles. The molecule has 0 heterocycles. The molecule has 0 fully saturated rings. The van der Waals surface area contributed by atoms with Crippen molar-refractivity contribution in [3.05, 3.63) is 59.7 Å². The Bertz CT molecular complexity index is 592. The normalized spacial score (nSPS) is 10.2. The molecule has 0 aliphatic heterocycles. The molecule has 0 aromatic heterocycles. The van der Waals surface area contributed by atoms with Crippen molar-refractivity contribution in [2.45, 2.75) is 13.3 Å². The van der Waals surface area contributed by atoms with Gasteiger partial charge in [0.05, 0.1) is 0 Å². The van der Waals surface area contributed by atoms with Crippen LogP contribution in [0.1, 0.15) is 12.5 Å². The molecule has 2 N–H and O–H groups in total. The number of rotatable bonds is 3. The summed E-state index contributed by atoms with van der Waals surface area (Å²) in [6.45, 7) is 2.08. The van der Waals surface area contributed by atoms with Gasteiger partial charge in [0.1, 0.15) is 11.6 Å². The van der Waals surface area contributed by atoms with E-state index in [9.17, 15) is 8.78 Å². The second-order valence-electron chi connectivity index (χ2n) is 4.29. The van der Waals surface area contributed by atoms with Crippen molar-refractivity contribution in [3.8, 4) is 0 Å². The zero-order valence-electron chi connectivity index (χ0n) is 10.9.